The van der Waals surface area contributed by atoms with Crippen LogP contribution in [0.2, 0.25) is 0 Å². The first-order valence-corrected chi connectivity index (χ1v) is 8.88. The van der Waals surface area contributed by atoms with Gasteiger partial charge in [0.25, 0.3) is 0 Å². The number of rotatable bonds is 4. The molecule has 0 fully saturated rings. The number of carbonyl (C=O) groups excluding carboxylic acids is 1. The molecule has 136 valence electrons. The van der Waals surface area contributed by atoms with E-state index in [2.05, 4.69) is 5.32 Å². The number of para-hydroxylation sites is 3. The Bertz CT molecular complexity index is 811. The lowest BCUT2D eigenvalue weighted by molar-refractivity contribution is -0.120. The molecule has 5 nitrogen and oxygen atoms in total. The van der Waals surface area contributed by atoms with E-state index in [0.29, 0.717) is 31.1 Å². The molecule has 26 heavy (non-hydrogen) atoms. The van der Waals surface area contributed by atoms with Crippen molar-refractivity contribution in [2.24, 2.45) is 0 Å². The van der Waals surface area contributed by atoms with Crippen LogP contribution in [0.5, 0.6) is 11.5 Å². The van der Waals surface area contributed by atoms with Crippen molar-refractivity contribution in [3.05, 3.63) is 53.8 Å². The number of hydrogen-bond donors (Lipinski definition) is 1. The number of anilines is 1. The average Bonchev–Trinajstić information content (AvgIpc) is 2.66. The lowest BCUT2D eigenvalue weighted by Crippen LogP contribution is -2.45. The Labute approximate surface area is 151 Å². The summed E-state index contributed by atoms with van der Waals surface area (Å²) in [6.45, 7) is 1.56. The van der Waals surface area contributed by atoms with Crippen LogP contribution in [-0.2, 0) is 11.2 Å². The Morgan fingerprint density at radius 3 is 2.92 bits per heavy atom. The van der Waals surface area contributed by atoms with Gasteiger partial charge < -0.3 is 19.7 Å². The largest absolute Gasteiger partial charge is 0.486 e. The lowest BCUT2D eigenvalue weighted by Gasteiger charge is -2.31. The van der Waals surface area contributed by atoms with Crippen LogP contribution >= 0.6 is 0 Å². The fraction of sp³-hybridized carbons (Fsp3) is 0.350. The number of aryl methyl sites for hydroxylation is 1. The van der Waals surface area contributed by atoms with E-state index < -0.39 is 0 Å². The van der Waals surface area contributed by atoms with Crippen molar-refractivity contribution in [1.29, 1.82) is 0 Å². The number of halogens is 1. The zero-order valence-electron chi connectivity index (χ0n) is 14.4. The van der Waals surface area contributed by atoms with Crippen molar-refractivity contribution in [3.63, 3.8) is 0 Å². The first-order valence-electron chi connectivity index (χ1n) is 8.88. The standard InChI is InChI=1S/C20H21FN2O3/c21-16-7-3-5-14-6-4-10-23(20(14)16)12-19(24)22-11-15-13-25-17-8-1-2-9-18(17)26-15/h1-3,5,7-9,15H,4,6,10-13H2,(H,22,24). The van der Waals surface area contributed by atoms with Crippen LogP contribution in [0.1, 0.15) is 12.0 Å². The minimum Gasteiger partial charge on any atom is -0.486 e. The molecule has 1 atom stereocenters. The van der Waals surface area contributed by atoms with Crippen molar-refractivity contribution in [3.8, 4) is 11.5 Å². The molecule has 0 spiro atoms. The van der Waals surface area contributed by atoms with E-state index in [-0.39, 0.29) is 24.4 Å². The summed E-state index contributed by atoms with van der Waals surface area (Å²) < 4.78 is 25.7. The maximum Gasteiger partial charge on any atom is 0.239 e. The van der Waals surface area contributed by atoms with Gasteiger partial charge in [-0.15, -0.1) is 0 Å². The minimum absolute atomic E-state index is 0.137. The predicted molar refractivity (Wildman–Crippen MR) is 96.3 cm³/mol. The molecule has 1 N–H and O–H groups in total. The Morgan fingerprint density at radius 2 is 2.04 bits per heavy atom. The van der Waals surface area contributed by atoms with Gasteiger partial charge in [0.05, 0.1) is 18.8 Å². The van der Waals surface area contributed by atoms with Gasteiger partial charge in [0, 0.05) is 6.54 Å². The number of carbonyl (C=O) groups is 1. The molecule has 0 aromatic heterocycles. The highest BCUT2D eigenvalue weighted by atomic mass is 19.1. The summed E-state index contributed by atoms with van der Waals surface area (Å²) in [5.74, 6) is 0.986. The minimum atomic E-state index is -0.268. The van der Waals surface area contributed by atoms with Gasteiger partial charge in [0.2, 0.25) is 5.91 Å². The third-order valence-corrected chi connectivity index (χ3v) is 4.69. The van der Waals surface area contributed by atoms with E-state index in [4.69, 9.17) is 9.47 Å². The normalized spacial score (nSPS) is 18.2. The molecule has 2 heterocycles. The number of amides is 1. The van der Waals surface area contributed by atoms with Gasteiger partial charge in [-0.05, 0) is 36.6 Å². The highest BCUT2D eigenvalue weighted by molar-refractivity contribution is 5.82. The summed E-state index contributed by atoms with van der Waals surface area (Å²) in [7, 11) is 0. The molecule has 0 saturated carbocycles. The van der Waals surface area contributed by atoms with Gasteiger partial charge in [-0.3, -0.25) is 4.79 Å². The molecule has 0 aliphatic carbocycles. The molecule has 0 radical (unpaired) electrons. The predicted octanol–water partition coefficient (Wildman–Crippen LogP) is 2.53. The van der Waals surface area contributed by atoms with Crippen molar-refractivity contribution < 1.29 is 18.7 Å². The third-order valence-electron chi connectivity index (χ3n) is 4.69. The summed E-state index contributed by atoms with van der Waals surface area (Å²) in [4.78, 5) is 14.2. The Morgan fingerprint density at radius 1 is 1.19 bits per heavy atom. The van der Waals surface area contributed by atoms with E-state index in [9.17, 15) is 9.18 Å². The molecule has 2 aromatic carbocycles. The number of benzene rings is 2. The first kappa shape index (κ1) is 16.7. The summed E-state index contributed by atoms with van der Waals surface area (Å²) in [6, 6.07) is 12.6. The van der Waals surface area contributed by atoms with Crippen molar-refractivity contribution in [2.75, 3.05) is 31.1 Å². The zero-order chi connectivity index (χ0) is 17.9. The topological polar surface area (TPSA) is 50.8 Å². The average molecular weight is 356 g/mol. The zero-order valence-corrected chi connectivity index (χ0v) is 14.4. The molecule has 4 rings (SSSR count). The Kier molecular flexibility index (Phi) is 4.65. The fourth-order valence-corrected chi connectivity index (χ4v) is 3.47. The van der Waals surface area contributed by atoms with Crippen LogP contribution in [0.25, 0.3) is 0 Å². The smallest absolute Gasteiger partial charge is 0.239 e. The van der Waals surface area contributed by atoms with Gasteiger partial charge in [-0.25, -0.2) is 4.39 Å². The van der Waals surface area contributed by atoms with Gasteiger partial charge in [0.1, 0.15) is 18.5 Å². The molecule has 6 heteroatoms. The Balaban J connectivity index is 1.33. The number of hydrogen-bond acceptors (Lipinski definition) is 4. The molecular formula is C20H21FN2O3. The molecule has 0 saturated heterocycles. The quantitative estimate of drug-likeness (QED) is 0.915. The van der Waals surface area contributed by atoms with Crippen molar-refractivity contribution in [1.82, 2.24) is 5.32 Å². The van der Waals surface area contributed by atoms with Crippen LogP contribution in [0.3, 0.4) is 0 Å². The number of nitrogens with zero attached hydrogens (tertiary/aromatic N) is 1. The summed E-state index contributed by atoms with van der Waals surface area (Å²) >= 11 is 0. The SMILES string of the molecule is O=C(CN1CCCc2cccc(F)c21)NCC1COc2ccccc2O1. The van der Waals surface area contributed by atoms with Crippen LogP contribution in [0, 0.1) is 5.82 Å². The Hall–Kier alpha value is -2.76. The van der Waals surface area contributed by atoms with Gasteiger partial charge in [-0.2, -0.15) is 0 Å². The highest BCUT2D eigenvalue weighted by Gasteiger charge is 2.24. The molecule has 2 aromatic rings. The van der Waals surface area contributed by atoms with E-state index in [1.807, 2.05) is 35.2 Å². The monoisotopic (exact) mass is 356 g/mol. The number of ether oxygens (including phenoxy) is 2. The second kappa shape index (κ2) is 7.23. The lowest BCUT2D eigenvalue weighted by atomic mass is 10.0. The van der Waals surface area contributed by atoms with Crippen LogP contribution in [0.4, 0.5) is 10.1 Å². The molecule has 0 bridgehead atoms. The molecule has 1 unspecified atom stereocenters. The highest BCUT2D eigenvalue weighted by Crippen LogP contribution is 2.31. The van der Waals surface area contributed by atoms with Gasteiger partial charge in [0.15, 0.2) is 11.5 Å². The van der Waals surface area contributed by atoms with E-state index >= 15 is 0 Å². The van der Waals surface area contributed by atoms with Crippen LogP contribution in [0.15, 0.2) is 42.5 Å². The maximum absolute atomic E-state index is 14.2. The van der Waals surface area contributed by atoms with E-state index in [1.165, 1.54) is 6.07 Å². The van der Waals surface area contributed by atoms with Crippen LogP contribution < -0.4 is 19.7 Å². The summed E-state index contributed by atoms with van der Waals surface area (Å²) in [5.41, 5.74) is 1.52. The van der Waals surface area contributed by atoms with Crippen LogP contribution in [-0.4, -0.2) is 38.3 Å². The summed E-state index contributed by atoms with van der Waals surface area (Å²) in [5, 5.41) is 2.87. The maximum atomic E-state index is 14.2. The van der Waals surface area contributed by atoms with Gasteiger partial charge >= 0.3 is 0 Å². The third kappa shape index (κ3) is 3.45. The molecule has 2 aliphatic heterocycles. The molecular weight excluding hydrogens is 335 g/mol. The number of nitrogens with one attached hydrogen (secondary N) is 1. The number of fused-ring (bicyclic) bond motifs is 2. The van der Waals surface area contributed by atoms with Crippen molar-refractivity contribution >= 4 is 11.6 Å². The summed E-state index contributed by atoms with van der Waals surface area (Å²) in [6.07, 6.45) is 1.53. The molecule has 2 aliphatic rings. The first-order chi connectivity index (χ1) is 12.7. The van der Waals surface area contributed by atoms with E-state index in [0.717, 1.165) is 24.2 Å². The second-order valence-corrected chi connectivity index (χ2v) is 6.57. The fourth-order valence-electron chi connectivity index (χ4n) is 3.47. The van der Waals surface area contributed by atoms with Gasteiger partial charge in [-0.1, -0.05) is 24.3 Å². The van der Waals surface area contributed by atoms with Crippen molar-refractivity contribution in [2.45, 2.75) is 18.9 Å². The molecule has 1 amide bonds. The van der Waals surface area contributed by atoms with E-state index in [1.54, 1.807) is 6.07 Å². The second-order valence-electron chi connectivity index (χ2n) is 6.57.